The number of epoxide rings is 1. The second-order valence-electron chi connectivity index (χ2n) is 8.52. The van der Waals surface area contributed by atoms with E-state index >= 15 is 0 Å². The van der Waals surface area contributed by atoms with Crippen LogP contribution in [0.25, 0.3) is 0 Å². The third kappa shape index (κ3) is 5.52. The predicted octanol–water partition coefficient (Wildman–Crippen LogP) is -1.76. The SMILES string of the molecule is CN1C2CC(OC(=O)[C@H](CO)c3ccccc3)CC1[C@H]1O[C@H]21.C[n+]1ccccc1/C=N/O.[Cl-]. The van der Waals surface area contributed by atoms with Crippen LogP contribution in [0, 0.1) is 0 Å². The average Bonchev–Trinajstić information content (AvgIpc) is 3.56. The number of carbonyl (C=O) groups is 1. The van der Waals surface area contributed by atoms with E-state index in [4.69, 9.17) is 14.7 Å². The number of rotatable bonds is 5. The van der Waals surface area contributed by atoms with Crippen molar-refractivity contribution in [2.75, 3.05) is 13.7 Å². The van der Waals surface area contributed by atoms with Gasteiger partial charge in [-0.05, 0) is 18.7 Å². The molecule has 4 heterocycles. The maximum absolute atomic E-state index is 12.4. The minimum atomic E-state index is -0.593. The van der Waals surface area contributed by atoms with Gasteiger partial charge in [-0.25, -0.2) is 4.57 Å². The van der Waals surface area contributed by atoms with Crippen molar-refractivity contribution in [3.05, 3.63) is 66.0 Å². The van der Waals surface area contributed by atoms with Crippen molar-refractivity contribution in [1.29, 1.82) is 0 Å². The number of aryl methyl sites for hydroxylation is 1. The summed E-state index contributed by atoms with van der Waals surface area (Å²) in [4.78, 5) is 14.8. The van der Waals surface area contributed by atoms with Crippen molar-refractivity contribution in [2.24, 2.45) is 12.2 Å². The molecule has 0 aliphatic carbocycles. The van der Waals surface area contributed by atoms with Crippen molar-refractivity contribution in [3.8, 4) is 0 Å². The number of morpholine rings is 1. The summed E-state index contributed by atoms with van der Waals surface area (Å²) in [6.07, 6.45) is 5.53. The maximum Gasteiger partial charge on any atom is 0.316 e. The van der Waals surface area contributed by atoms with Gasteiger partial charge in [-0.1, -0.05) is 35.5 Å². The summed E-state index contributed by atoms with van der Waals surface area (Å²) in [7, 11) is 4.01. The van der Waals surface area contributed by atoms with Gasteiger partial charge in [0.25, 0.3) is 0 Å². The third-order valence-electron chi connectivity index (χ3n) is 6.61. The van der Waals surface area contributed by atoms with Gasteiger partial charge in [0.2, 0.25) is 5.69 Å². The van der Waals surface area contributed by atoms with Crippen LogP contribution in [0.4, 0.5) is 0 Å². The molecular formula is C24H30ClN3O5. The minimum absolute atomic E-state index is 0. The van der Waals surface area contributed by atoms with Crippen LogP contribution in [-0.4, -0.2) is 71.4 Å². The van der Waals surface area contributed by atoms with Crippen molar-refractivity contribution < 1.29 is 41.6 Å². The van der Waals surface area contributed by atoms with Gasteiger partial charge >= 0.3 is 5.97 Å². The zero-order valence-electron chi connectivity index (χ0n) is 18.7. The van der Waals surface area contributed by atoms with Gasteiger partial charge in [-0.3, -0.25) is 9.69 Å². The number of esters is 1. The van der Waals surface area contributed by atoms with E-state index in [0.717, 1.165) is 24.1 Å². The zero-order valence-corrected chi connectivity index (χ0v) is 19.5. The van der Waals surface area contributed by atoms with Gasteiger partial charge in [-0.15, -0.1) is 0 Å². The molecule has 0 radical (unpaired) electrons. The third-order valence-corrected chi connectivity index (χ3v) is 6.61. The number of aliphatic hydroxyl groups is 1. The molecule has 3 saturated heterocycles. The maximum atomic E-state index is 12.4. The Hall–Kier alpha value is -2.52. The first-order chi connectivity index (χ1) is 15.5. The van der Waals surface area contributed by atoms with Crippen LogP contribution < -0.4 is 17.0 Å². The first kappa shape index (κ1) is 25.1. The highest BCUT2D eigenvalue weighted by Gasteiger charge is 2.62. The molecule has 1 aromatic carbocycles. The molecule has 0 spiro atoms. The molecule has 178 valence electrons. The molecule has 9 heteroatoms. The molecule has 3 aliphatic rings. The molecule has 3 fully saturated rings. The monoisotopic (exact) mass is 475 g/mol. The predicted molar refractivity (Wildman–Crippen MR) is 116 cm³/mol. The van der Waals surface area contributed by atoms with E-state index in [9.17, 15) is 9.90 Å². The fourth-order valence-corrected chi connectivity index (χ4v) is 4.77. The number of pyridine rings is 1. The largest absolute Gasteiger partial charge is 1.00 e. The quantitative estimate of drug-likeness (QED) is 0.133. The summed E-state index contributed by atoms with van der Waals surface area (Å²) in [5, 5.41) is 20.7. The van der Waals surface area contributed by atoms with Crippen molar-refractivity contribution in [1.82, 2.24) is 4.90 Å². The van der Waals surface area contributed by atoms with E-state index in [1.807, 2.05) is 66.3 Å². The molecule has 33 heavy (non-hydrogen) atoms. The number of hydrogen-bond acceptors (Lipinski definition) is 7. The molecule has 1 aromatic heterocycles. The Kier molecular flexibility index (Phi) is 8.42. The van der Waals surface area contributed by atoms with E-state index in [1.165, 1.54) is 6.21 Å². The lowest BCUT2D eigenvalue weighted by molar-refractivity contribution is -0.672. The molecular weight excluding hydrogens is 446 g/mol. The number of fused-ring (bicyclic) bond motifs is 5. The van der Waals surface area contributed by atoms with Gasteiger partial charge < -0.3 is 32.2 Å². The van der Waals surface area contributed by atoms with Crippen LogP contribution in [0.1, 0.15) is 30.0 Å². The first-order valence-electron chi connectivity index (χ1n) is 10.9. The summed E-state index contributed by atoms with van der Waals surface area (Å²) in [6.45, 7) is -0.226. The lowest BCUT2D eigenvalue weighted by atomic mass is 9.97. The molecule has 0 saturated carbocycles. The fourth-order valence-electron chi connectivity index (χ4n) is 4.77. The van der Waals surface area contributed by atoms with Crippen molar-refractivity contribution in [2.45, 2.75) is 49.2 Å². The van der Waals surface area contributed by atoms with Gasteiger partial charge in [0.15, 0.2) is 6.20 Å². The number of piperidine rings is 1. The molecule has 3 aliphatic heterocycles. The number of aromatic nitrogens is 1. The van der Waals surface area contributed by atoms with E-state index in [-0.39, 0.29) is 31.1 Å². The zero-order chi connectivity index (χ0) is 22.7. The molecule has 5 rings (SSSR count). The van der Waals surface area contributed by atoms with Gasteiger partial charge in [0.1, 0.15) is 37.5 Å². The lowest BCUT2D eigenvalue weighted by Crippen LogP contribution is -3.00. The second kappa shape index (κ2) is 11.1. The van der Waals surface area contributed by atoms with Gasteiger partial charge in [-0.2, -0.15) is 0 Å². The Bertz CT molecular complexity index is 942. The smallest absolute Gasteiger partial charge is 0.316 e. The number of oxime groups is 1. The summed E-state index contributed by atoms with van der Waals surface area (Å²) in [5.74, 6) is -0.915. The van der Waals surface area contributed by atoms with E-state index in [0.29, 0.717) is 24.3 Å². The van der Waals surface area contributed by atoms with Gasteiger partial charge in [0.05, 0.1) is 6.61 Å². The Morgan fingerprint density at radius 1 is 1.21 bits per heavy atom. The Morgan fingerprint density at radius 2 is 1.85 bits per heavy atom. The van der Waals surface area contributed by atoms with Crippen LogP contribution >= 0.6 is 0 Å². The minimum Gasteiger partial charge on any atom is -1.00 e. The Balaban J connectivity index is 0.000000237. The number of hydrogen-bond donors (Lipinski definition) is 2. The van der Waals surface area contributed by atoms with Crippen LogP contribution in [0.15, 0.2) is 59.9 Å². The summed E-state index contributed by atoms with van der Waals surface area (Å²) < 4.78 is 13.2. The molecule has 0 amide bonds. The number of likely N-dealkylation sites (N-methyl/N-ethyl adjacent to an activating group) is 1. The Morgan fingerprint density at radius 3 is 2.42 bits per heavy atom. The van der Waals surface area contributed by atoms with E-state index in [1.54, 1.807) is 0 Å². The topological polar surface area (TPSA) is 98.8 Å². The number of benzene rings is 1. The molecule has 8 nitrogen and oxygen atoms in total. The standard InChI is InChI=1S/C17H21NO4.C7H8N2O.ClH/c1-18-13-7-11(8-14(18)16-15(13)22-16)21-17(20)12(9-19)10-5-3-2-4-6-10;1-9-5-3-2-4-7(9)6-8-10;/h2-6,11-16,19H,7-9H2,1H3;2-6H,1H3;1H/t11?,12-,13?,14?,15-,16-;;/m1../s1. The normalized spacial score (nSPS) is 28.2. The Labute approximate surface area is 199 Å². The number of nitrogens with zero attached hydrogens (tertiary/aromatic N) is 3. The molecule has 2 N–H and O–H groups in total. The second-order valence-corrected chi connectivity index (χ2v) is 8.52. The van der Waals surface area contributed by atoms with Crippen molar-refractivity contribution >= 4 is 12.2 Å². The fraction of sp³-hybridized carbons (Fsp3) is 0.458. The van der Waals surface area contributed by atoms with Crippen LogP contribution in [0.2, 0.25) is 0 Å². The van der Waals surface area contributed by atoms with Crippen molar-refractivity contribution in [3.63, 3.8) is 0 Å². The van der Waals surface area contributed by atoms with E-state index in [2.05, 4.69) is 17.1 Å². The summed E-state index contributed by atoms with van der Waals surface area (Å²) in [5.41, 5.74) is 1.67. The molecule has 2 unspecified atom stereocenters. The molecule has 5 atom stereocenters. The van der Waals surface area contributed by atoms with Crippen LogP contribution in [-0.2, 0) is 21.3 Å². The number of halogens is 1. The van der Waals surface area contributed by atoms with E-state index < -0.39 is 5.92 Å². The summed E-state index contributed by atoms with van der Waals surface area (Å²) in [6, 6.07) is 15.7. The number of aliphatic hydroxyl groups excluding tert-OH is 1. The molecule has 2 bridgehead atoms. The average molecular weight is 476 g/mol. The highest BCUT2D eigenvalue weighted by Crippen LogP contribution is 2.48. The highest BCUT2D eigenvalue weighted by atomic mass is 35.5. The summed E-state index contributed by atoms with van der Waals surface area (Å²) >= 11 is 0. The highest BCUT2D eigenvalue weighted by molar-refractivity contribution is 5.78. The number of carbonyl (C=O) groups excluding carboxylic acids is 1. The first-order valence-corrected chi connectivity index (χ1v) is 10.9. The number of ether oxygens (including phenoxy) is 2. The van der Waals surface area contributed by atoms with Crippen LogP contribution in [0.5, 0.6) is 0 Å². The van der Waals surface area contributed by atoms with Gasteiger partial charge in [0, 0.05) is 37.1 Å². The lowest BCUT2D eigenvalue weighted by Gasteiger charge is -2.38. The molecule has 2 aromatic rings. The van der Waals surface area contributed by atoms with Crippen LogP contribution in [0.3, 0.4) is 0 Å².